The van der Waals surface area contributed by atoms with Crippen molar-refractivity contribution in [1.82, 2.24) is 0 Å². The number of carbonyl (C=O) groups excluding carboxylic acids is 1. The number of hydrogen-bond donors (Lipinski definition) is 0. The first kappa shape index (κ1) is 18.3. The lowest BCUT2D eigenvalue weighted by Gasteiger charge is -2.26. The predicted molar refractivity (Wildman–Crippen MR) is 93.2 cm³/mol. The van der Waals surface area contributed by atoms with Crippen LogP contribution in [-0.4, -0.2) is 29.9 Å². The smallest absolute Gasteiger partial charge is 0.330 e. The van der Waals surface area contributed by atoms with Gasteiger partial charge in [0.05, 0.1) is 7.11 Å². The molecule has 2 rings (SSSR count). The standard InChI is InChI=1S/C18H18BrFO4/c1-13(6-11-17(21)22-2)23-14-7-9-15(10-8-14)24-16-5-3-4-12-18(16,19)20/h3-13,16H,1-2H3/b11-6+. The Balaban J connectivity index is 1.93. The van der Waals surface area contributed by atoms with Crippen LogP contribution in [0, 0.1) is 0 Å². The lowest BCUT2D eigenvalue weighted by atomic mass is 10.1. The summed E-state index contributed by atoms with van der Waals surface area (Å²) in [4.78, 5) is 11.0. The maximum atomic E-state index is 14.2. The highest BCUT2D eigenvalue weighted by atomic mass is 79.9. The summed E-state index contributed by atoms with van der Waals surface area (Å²) in [6.45, 7) is 1.80. The van der Waals surface area contributed by atoms with Crippen LogP contribution in [0.4, 0.5) is 4.39 Å². The first-order chi connectivity index (χ1) is 11.4. The molecular formula is C18H18BrFO4. The number of hydrogen-bond acceptors (Lipinski definition) is 4. The van der Waals surface area contributed by atoms with E-state index in [1.807, 2.05) is 0 Å². The summed E-state index contributed by atoms with van der Waals surface area (Å²) in [6, 6.07) is 6.82. The zero-order valence-electron chi connectivity index (χ0n) is 13.3. The van der Waals surface area contributed by atoms with E-state index in [0.29, 0.717) is 11.5 Å². The molecule has 1 aromatic rings. The highest BCUT2D eigenvalue weighted by molar-refractivity contribution is 9.10. The number of methoxy groups -OCH3 is 1. The average molecular weight is 397 g/mol. The third-order valence-electron chi connectivity index (χ3n) is 3.21. The number of alkyl halides is 2. The second-order valence-electron chi connectivity index (χ2n) is 5.13. The summed E-state index contributed by atoms with van der Waals surface area (Å²) in [5.41, 5.74) is 0. The van der Waals surface area contributed by atoms with Crippen molar-refractivity contribution in [2.24, 2.45) is 0 Å². The highest BCUT2D eigenvalue weighted by Crippen LogP contribution is 2.33. The van der Waals surface area contributed by atoms with E-state index >= 15 is 0 Å². The molecule has 3 atom stereocenters. The normalized spacial score (nSPS) is 23.9. The molecule has 0 bridgehead atoms. The second-order valence-corrected chi connectivity index (χ2v) is 6.35. The molecule has 0 radical (unpaired) electrons. The average Bonchev–Trinajstić information content (AvgIpc) is 2.56. The molecule has 0 saturated carbocycles. The van der Waals surface area contributed by atoms with E-state index < -0.39 is 16.7 Å². The Kier molecular flexibility index (Phi) is 6.20. The van der Waals surface area contributed by atoms with E-state index in [2.05, 4.69) is 20.7 Å². The molecule has 0 amide bonds. The molecule has 1 aliphatic carbocycles. The third-order valence-corrected chi connectivity index (χ3v) is 3.92. The minimum absolute atomic E-state index is 0.302. The van der Waals surface area contributed by atoms with Crippen molar-refractivity contribution in [3.8, 4) is 11.5 Å². The summed E-state index contributed by atoms with van der Waals surface area (Å²) in [6.07, 6.45) is 8.23. The van der Waals surface area contributed by atoms with Gasteiger partial charge in [-0.15, -0.1) is 0 Å². The van der Waals surface area contributed by atoms with Crippen LogP contribution in [0.2, 0.25) is 0 Å². The largest absolute Gasteiger partial charge is 0.487 e. The van der Waals surface area contributed by atoms with Crippen LogP contribution in [0.25, 0.3) is 0 Å². The second kappa shape index (κ2) is 8.15. The molecule has 4 nitrogen and oxygen atoms in total. The number of benzene rings is 1. The fraction of sp³-hybridized carbons (Fsp3) is 0.278. The third kappa shape index (κ3) is 5.23. The molecule has 0 fully saturated rings. The van der Waals surface area contributed by atoms with Gasteiger partial charge in [0.15, 0.2) is 6.10 Å². The minimum Gasteiger partial charge on any atom is -0.487 e. The molecule has 3 unspecified atom stereocenters. The number of rotatable bonds is 6. The molecule has 128 valence electrons. The summed E-state index contributed by atoms with van der Waals surface area (Å²) >= 11 is 3.00. The van der Waals surface area contributed by atoms with Crippen LogP contribution in [0.15, 0.2) is 60.7 Å². The van der Waals surface area contributed by atoms with Crippen LogP contribution in [0.1, 0.15) is 6.92 Å². The van der Waals surface area contributed by atoms with Gasteiger partial charge in [0.2, 0.25) is 4.58 Å². The molecular weight excluding hydrogens is 379 g/mol. The van der Waals surface area contributed by atoms with Crippen LogP contribution in [-0.2, 0) is 9.53 Å². The predicted octanol–water partition coefficient (Wildman–Crippen LogP) is 4.12. The zero-order valence-corrected chi connectivity index (χ0v) is 14.9. The molecule has 0 N–H and O–H groups in total. The highest BCUT2D eigenvalue weighted by Gasteiger charge is 2.35. The van der Waals surface area contributed by atoms with Crippen molar-refractivity contribution >= 4 is 21.9 Å². The summed E-state index contributed by atoms with van der Waals surface area (Å²) in [5.74, 6) is 0.689. The molecule has 0 saturated heterocycles. The molecule has 1 aliphatic rings. The fourth-order valence-electron chi connectivity index (χ4n) is 1.97. The van der Waals surface area contributed by atoms with Crippen molar-refractivity contribution in [3.63, 3.8) is 0 Å². The van der Waals surface area contributed by atoms with Crippen LogP contribution < -0.4 is 9.47 Å². The van der Waals surface area contributed by atoms with E-state index in [1.54, 1.807) is 55.5 Å². The van der Waals surface area contributed by atoms with E-state index in [4.69, 9.17) is 9.47 Å². The first-order valence-corrected chi connectivity index (χ1v) is 8.13. The molecule has 24 heavy (non-hydrogen) atoms. The van der Waals surface area contributed by atoms with Crippen molar-refractivity contribution in [2.45, 2.75) is 23.7 Å². The Bertz CT molecular complexity index is 649. The van der Waals surface area contributed by atoms with Crippen molar-refractivity contribution in [2.75, 3.05) is 7.11 Å². The maximum absolute atomic E-state index is 14.2. The first-order valence-electron chi connectivity index (χ1n) is 7.34. The monoisotopic (exact) mass is 396 g/mol. The van der Waals surface area contributed by atoms with Gasteiger partial charge in [-0.1, -0.05) is 12.2 Å². The van der Waals surface area contributed by atoms with Crippen LogP contribution in [0.5, 0.6) is 11.5 Å². The van der Waals surface area contributed by atoms with Gasteiger partial charge in [0, 0.05) is 6.08 Å². The Labute approximate surface area is 148 Å². The zero-order chi connectivity index (χ0) is 17.6. The number of esters is 1. The number of allylic oxidation sites excluding steroid dienone is 2. The fourth-order valence-corrected chi connectivity index (χ4v) is 2.37. The number of halogens is 2. The Morgan fingerprint density at radius 3 is 2.58 bits per heavy atom. The lowest BCUT2D eigenvalue weighted by molar-refractivity contribution is -0.134. The molecule has 0 spiro atoms. The van der Waals surface area contributed by atoms with Crippen LogP contribution >= 0.6 is 15.9 Å². The topological polar surface area (TPSA) is 44.8 Å². The van der Waals surface area contributed by atoms with Gasteiger partial charge >= 0.3 is 5.97 Å². The van der Waals surface area contributed by atoms with Gasteiger partial charge in [-0.05, 0) is 65.3 Å². The van der Waals surface area contributed by atoms with Gasteiger partial charge in [-0.25, -0.2) is 9.18 Å². The van der Waals surface area contributed by atoms with Gasteiger partial charge in [-0.2, -0.15) is 0 Å². The van der Waals surface area contributed by atoms with E-state index in [1.165, 1.54) is 19.3 Å². The molecule has 1 aromatic carbocycles. The summed E-state index contributed by atoms with van der Waals surface area (Å²) < 4.78 is 28.3. The minimum atomic E-state index is -1.73. The van der Waals surface area contributed by atoms with Gasteiger partial charge in [-0.3, -0.25) is 0 Å². The summed E-state index contributed by atoms with van der Waals surface area (Å²) in [5, 5.41) is 0. The SMILES string of the molecule is COC(=O)/C=C/C(C)Oc1ccc(OC2C=CC=CC2(F)Br)cc1. The molecule has 6 heteroatoms. The van der Waals surface area contributed by atoms with Gasteiger partial charge in [0.1, 0.15) is 17.6 Å². The van der Waals surface area contributed by atoms with Crippen molar-refractivity contribution in [3.05, 3.63) is 60.7 Å². The molecule has 0 aromatic heterocycles. The molecule has 0 heterocycles. The Hall–Kier alpha value is -2.08. The maximum Gasteiger partial charge on any atom is 0.330 e. The Morgan fingerprint density at radius 2 is 1.96 bits per heavy atom. The molecule has 0 aliphatic heterocycles. The summed E-state index contributed by atoms with van der Waals surface area (Å²) in [7, 11) is 1.31. The number of ether oxygens (including phenoxy) is 3. The van der Waals surface area contributed by atoms with Gasteiger partial charge < -0.3 is 14.2 Å². The van der Waals surface area contributed by atoms with Crippen molar-refractivity contribution < 1.29 is 23.4 Å². The quantitative estimate of drug-likeness (QED) is 0.412. The van der Waals surface area contributed by atoms with E-state index in [-0.39, 0.29) is 6.10 Å². The number of carbonyl (C=O) groups is 1. The van der Waals surface area contributed by atoms with E-state index in [0.717, 1.165) is 0 Å². The van der Waals surface area contributed by atoms with Crippen molar-refractivity contribution in [1.29, 1.82) is 0 Å². The van der Waals surface area contributed by atoms with Crippen LogP contribution in [0.3, 0.4) is 0 Å². The van der Waals surface area contributed by atoms with E-state index in [9.17, 15) is 9.18 Å². The van der Waals surface area contributed by atoms with Gasteiger partial charge in [0.25, 0.3) is 0 Å². The lowest BCUT2D eigenvalue weighted by Crippen LogP contribution is -2.34. The Morgan fingerprint density at radius 1 is 1.29 bits per heavy atom.